The lowest BCUT2D eigenvalue weighted by atomic mass is 9.99. The monoisotopic (exact) mass is 195 g/mol. The van der Waals surface area contributed by atoms with Gasteiger partial charge in [0, 0.05) is 17.4 Å². The van der Waals surface area contributed by atoms with Crippen molar-refractivity contribution in [2.45, 2.75) is 12.8 Å². The Hall–Kier alpha value is -0.670. The lowest BCUT2D eigenvalue weighted by molar-refractivity contribution is 0.0965. The number of thiophene rings is 1. The molecule has 0 amide bonds. The van der Waals surface area contributed by atoms with Gasteiger partial charge in [0.25, 0.3) is 0 Å². The summed E-state index contributed by atoms with van der Waals surface area (Å²) in [6.07, 6.45) is 1.86. The van der Waals surface area contributed by atoms with E-state index in [1.807, 2.05) is 16.8 Å². The lowest BCUT2D eigenvalue weighted by Gasteiger charge is -2.04. The van der Waals surface area contributed by atoms with Crippen molar-refractivity contribution in [1.82, 2.24) is 5.32 Å². The molecule has 0 spiro atoms. The highest BCUT2D eigenvalue weighted by atomic mass is 32.1. The quantitative estimate of drug-likeness (QED) is 0.747. The fourth-order valence-electron chi connectivity index (χ4n) is 1.69. The van der Waals surface area contributed by atoms with E-state index in [1.54, 1.807) is 11.3 Å². The molecule has 0 aliphatic carbocycles. The van der Waals surface area contributed by atoms with Gasteiger partial charge in [-0.15, -0.1) is 0 Å². The maximum Gasteiger partial charge on any atom is 0.164 e. The summed E-state index contributed by atoms with van der Waals surface area (Å²) >= 11 is 1.59. The van der Waals surface area contributed by atoms with Crippen molar-refractivity contribution in [3.05, 3.63) is 22.4 Å². The molecule has 0 bridgehead atoms. The highest BCUT2D eigenvalue weighted by Crippen LogP contribution is 2.17. The zero-order valence-corrected chi connectivity index (χ0v) is 8.27. The van der Waals surface area contributed by atoms with Crippen LogP contribution in [0.3, 0.4) is 0 Å². The van der Waals surface area contributed by atoms with E-state index >= 15 is 0 Å². The molecule has 0 radical (unpaired) electrons. The highest BCUT2D eigenvalue weighted by molar-refractivity contribution is 7.08. The first kappa shape index (κ1) is 8.91. The number of carbonyl (C=O) groups excluding carboxylic acids is 1. The largest absolute Gasteiger partial charge is 0.316 e. The Morgan fingerprint density at radius 1 is 1.69 bits per heavy atom. The van der Waals surface area contributed by atoms with E-state index in [2.05, 4.69) is 5.32 Å². The Morgan fingerprint density at radius 3 is 3.23 bits per heavy atom. The number of hydrogen-bond acceptors (Lipinski definition) is 3. The smallest absolute Gasteiger partial charge is 0.164 e. The van der Waals surface area contributed by atoms with Crippen LogP contribution in [0.2, 0.25) is 0 Å². The van der Waals surface area contributed by atoms with Gasteiger partial charge < -0.3 is 5.32 Å². The molecule has 1 aliphatic heterocycles. The second-order valence-electron chi connectivity index (χ2n) is 3.50. The molecule has 1 aromatic rings. The summed E-state index contributed by atoms with van der Waals surface area (Å²) in [6.45, 7) is 2.08. The van der Waals surface area contributed by atoms with Crippen molar-refractivity contribution in [1.29, 1.82) is 0 Å². The molecule has 1 aliphatic rings. The molecular formula is C10H13NOS. The van der Waals surface area contributed by atoms with E-state index in [0.717, 1.165) is 25.1 Å². The molecule has 2 nitrogen and oxygen atoms in total. The first-order valence-corrected chi connectivity index (χ1v) is 5.56. The van der Waals surface area contributed by atoms with Gasteiger partial charge in [-0.3, -0.25) is 4.79 Å². The number of nitrogens with one attached hydrogen (secondary N) is 1. The molecule has 1 fully saturated rings. The molecule has 1 saturated heterocycles. The van der Waals surface area contributed by atoms with Gasteiger partial charge in [0.05, 0.1) is 0 Å². The number of ketones is 1. The van der Waals surface area contributed by atoms with Gasteiger partial charge in [0.1, 0.15) is 0 Å². The van der Waals surface area contributed by atoms with Crippen LogP contribution in [-0.2, 0) is 0 Å². The first-order chi connectivity index (χ1) is 6.36. The third-order valence-corrected chi connectivity index (χ3v) is 3.16. The van der Waals surface area contributed by atoms with Crippen LogP contribution in [0, 0.1) is 5.92 Å². The summed E-state index contributed by atoms with van der Waals surface area (Å²) < 4.78 is 0. The van der Waals surface area contributed by atoms with Crippen LogP contribution in [-0.4, -0.2) is 18.9 Å². The van der Waals surface area contributed by atoms with Crippen molar-refractivity contribution in [2.24, 2.45) is 5.92 Å². The molecule has 1 N–H and O–H groups in total. The van der Waals surface area contributed by atoms with Crippen molar-refractivity contribution in [3.8, 4) is 0 Å². The summed E-state index contributed by atoms with van der Waals surface area (Å²) in [4.78, 5) is 11.6. The van der Waals surface area contributed by atoms with Gasteiger partial charge in [-0.1, -0.05) is 0 Å². The average Bonchev–Trinajstić information content (AvgIpc) is 2.74. The second-order valence-corrected chi connectivity index (χ2v) is 4.28. The fraction of sp³-hybridized carbons (Fsp3) is 0.500. The third-order valence-electron chi connectivity index (χ3n) is 2.48. The Balaban J connectivity index is 1.91. The minimum absolute atomic E-state index is 0.301. The van der Waals surface area contributed by atoms with Gasteiger partial charge in [0.2, 0.25) is 0 Å². The molecule has 70 valence electrons. The van der Waals surface area contributed by atoms with Crippen LogP contribution < -0.4 is 5.32 Å². The van der Waals surface area contributed by atoms with Crippen LogP contribution in [0.5, 0.6) is 0 Å². The molecule has 0 saturated carbocycles. The van der Waals surface area contributed by atoms with E-state index in [1.165, 1.54) is 0 Å². The van der Waals surface area contributed by atoms with E-state index < -0.39 is 0 Å². The zero-order chi connectivity index (χ0) is 9.10. The molecule has 13 heavy (non-hydrogen) atoms. The average molecular weight is 195 g/mol. The number of carbonyl (C=O) groups is 1. The normalized spacial score (nSPS) is 22.0. The predicted molar refractivity (Wildman–Crippen MR) is 54.2 cm³/mol. The van der Waals surface area contributed by atoms with Crippen molar-refractivity contribution >= 4 is 17.1 Å². The zero-order valence-electron chi connectivity index (χ0n) is 7.45. The topological polar surface area (TPSA) is 29.1 Å². The van der Waals surface area contributed by atoms with Crippen LogP contribution in [0.25, 0.3) is 0 Å². The minimum atomic E-state index is 0.301. The Morgan fingerprint density at radius 2 is 2.62 bits per heavy atom. The SMILES string of the molecule is O=C(CC1CCNC1)c1ccsc1. The summed E-state index contributed by atoms with van der Waals surface area (Å²) in [5, 5.41) is 7.17. The van der Waals surface area contributed by atoms with E-state index in [9.17, 15) is 4.79 Å². The van der Waals surface area contributed by atoms with Gasteiger partial charge in [-0.25, -0.2) is 0 Å². The fourth-order valence-corrected chi connectivity index (χ4v) is 2.35. The standard InChI is InChI=1S/C10H13NOS/c12-10(9-2-4-13-7-9)5-8-1-3-11-6-8/h2,4,7-8,11H,1,3,5-6H2. The van der Waals surface area contributed by atoms with Crippen LogP contribution in [0.15, 0.2) is 16.8 Å². The molecule has 1 unspecified atom stereocenters. The first-order valence-electron chi connectivity index (χ1n) is 4.62. The van der Waals surface area contributed by atoms with Crippen LogP contribution >= 0.6 is 11.3 Å². The predicted octanol–water partition coefficient (Wildman–Crippen LogP) is 1.93. The third kappa shape index (κ3) is 2.17. The summed E-state index contributed by atoms with van der Waals surface area (Å²) in [5.41, 5.74) is 0.886. The summed E-state index contributed by atoms with van der Waals surface area (Å²) in [6, 6.07) is 1.91. The van der Waals surface area contributed by atoms with E-state index in [-0.39, 0.29) is 0 Å². The van der Waals surface area contributed by atoms with E-state index in [0.29, 0.717) is 18.1 Å². The molecule has 0 aromatic carbocycles. The maximum atomic E-state index is 11.6. The molecule has 1 atom stereocenters. The van der Waals surface area contributed by atoms with Gasteiger partial charge in [-0.05, 0) is 36.9 Å². The molecule has 1 aromatic heterocycles. The molecule has 3 heteroatoms. The number of rotatable bonds is 3. The molecule has 2 rings (SSSR count). The van der Waals surface area contributed by atoms with Gasteiger partial charge in [-0.2, -0.15) is 11.3 Å². The Labute approximate surface area is 82.0 Å². The summed E-state index contributed by atoms with van der Waals surface area (Å²) in [7, 11) is 0. The highest BCUT2D eigenvalue weighted by Gasteiger charge is 2.18. The number of Topliss-reactive ketones (excluding diaryl/α,β-unsaturated/α-hetero) is 1. The van der Waals surface area contributed by atoms with Crippen LogP contribution in [0.4, 0.5) is 0 Å². The number of hydrogen-bond donors (Lipinski definition) is 1. The Kier molecular flexibility index (Phi) is 2.76. The van der Waals surface area contributed by atoms with Crippen molar-refractivity contribution in [3.63, 3.8) is 0 Å². The maximum absolute atomic E-state index is 11.6. The van der Waals surface area contributed by atoms with Gasteiger partial charge >= 0.3 is 0 Å². The summed E-state index contributed by atoms with van der Waals surface area (Å²) in [5.74, 6) is 0.863. The Bertz CT molecular complexity index is 275. The minimum Gasteiger partial charge on any atom is -0.316 e. The van der Waals surface area contributed by atoms with Crippen LogP contribution in [0.1, 0.15) is 23.2 Å². The van der Waals surface area contributed by atoms with Gasteiger partial charge in [0.15, 0.2) is 5.78 Å². The van der Waals surface area contributed by atoms with Crippen molar-refractivity contribution < 1.29 is 4.79 Å². The molecule has 2 heterocycles. The molecular weight excluding hydrogens is 182 g/mol. The second kappa shape index (κ2) is 4.03. The lowest BCUT2D eigenvalue weighted by Crippen LogP contribution is -2.12. The van der Waals surface area contributed by atoms with Crippen molar-refractivity contribution in [2.75, 3.05) is 13.1 Å². The van der Waals surface area contributed by atoms with E-state index in [4.69, 9.17) is 0 Å².